The zero-order valence-electron chi connectivity index (χ0n) is 16.8. The van der Waals surface area contributed by atoms with E-state index in [0.717, 1.165) is 22.5 Å². The first-order chi connectivity index (χ1) is 15.6. The van der Waals surface area contributed by atoms with Crippen LogP contribution in [0.3, 0.4) is 0 Å². The van der Waals surface area contributed by atoms with Crippen molar-refractivity contribution < 1.29 is 36.2 Å². The molecule has 11 heteroatoms. The summed E-state index contributed by atoms with van der Waals surface area (Å²) in [4.78, 5) is -0.542. The summed E-state index contributed by atoms with van der Waals surface area (Å²) in [6.45, 7) is -0.802. The average Bonchev–Trinajstić information content (AvgIpc) is 2.79. The second-order valence-electron chi connectivity index (χ2n) is 7.15. The molecule has 33 heavy (non-hydrogen) atoms. The molecular weight excluding hydrogens is 483 g/mol. The minimum absolute atomic E-state index is 0.0571. The molecule has 4 rings (SSSR count). The van der Waals surface area contributed by atoms with Gasteiger partial charge in [-0.15, -0.1) is 0 Å². The Morgan fingerprint density at radius 2 is 1.85 bits per heavy atom. The minimum atomic E-state index is -4.71. The van der Waals surface area contributed by atoms with Crippen molar-refractivity contribution in [2.75, 3.05) is 17.5 Å². The van der Waals surface area contributed by atoms with Gasteiger partial charge in [-0.05, 0) is 42.5 Å². The summed E-state index contributed by atoms with van der Waals surface area (Å²) in [6.07, 6.45) is -5.62. The number of aliphatic hydroxyl groups excluding tert-OH is 1. The predicted octanol–water partition coefficient (Wildman–Crippen LogP) is 5.10. The highest BCUT2D eigenvalue weighted by Gasteiger charge is 2.37. The first-order valence-electron chi connectivity index (χ1n) is 9.63. The van der Waals surface area contributed by atoms with E-state index in [1.165, 1.54) is 18.2 Å². The van der Waals surface area contributed by atoms with E-state index in [9.17, 15) is 26.7 Å². The third kappa shape index (κ3) is 4.73. The van der Waals surface area contributed by atoms with E-state index in [0.29, 0.717) is 16.8 Å². The SMILES string of the molecule is O=S(=O)(c1cccc(C(F)(F)F)c1)N1C[C@H](CO)Oc2ccc(Oc3ccccc3Cl)cc21. The predicted molar refractivity (Wildman–Crippen MR) is 115 cm³/mol. The number of rotatable bonds is 5. The van der Waals surface area contributed by atoms with Crippen molar-refractivity contribution in [3.05, 3.63) is 77.3 Å². The van der Waals surface area contributed by atoms with Crippen molar-refractivity contribution in [1.29, 1.82) is 0 Å². The Balaban J connectivity index is 1.77. The molecular formula is C22H17ClF3NO5S. The highest BCUT2D eigenvalue weighted by Crippen LogP contribution is 2.41. The zero-order chi connectivity index (χ0) is 23.8. The van der Waals surface area contributed by atoms with Gasteiger partial charge in [-0.3, -0.25) is 4.31 Å². The molecule has 0 radical (unpaired) electrons. The van der Waals surface area contributed by atoms with Crippen LogP contribution in [-0.2, 0) is 16.2 Å². The van der Waals surface area contributed by atoms with E-state index in [-0.39, 0.29) is 23.7 Å². The van der Waals surface area contributed by atoms with E-state index in [4.69, 9.17) is 21.1 Å². The van der Waals surface area contributed by atoms with Crippen molar-refractivity contribution in [2.45, 2.75) is 17.2 Å². The summed E-state index contributed by atoms with van der Waals surface area (Å²) >= 11 is 6.11. The highest BCUT2D eigenvalue weighted by molar-refractivity contribution is 7.92. The number of hydrogen-bond acceptors (Lipinski definition) is 5. The fourth-order valence-electron chi connectivity index (χ4n) is 3.29. The molecule has 1 N–H and O–H groups in total. The fraction of sp³-hybridized carbons (Fsp3) is 0.182. The minimum Gasteiger partial charge on any atom is -0.484 e. The number of ether oxygens (including phenoxy) is 2. The van der Waals surface area contributed by atoms with Crippen molar-refractivity contribution in [3.8, 4) is 17.2 Å². The van der Waals surface area contributed by atoms with Crippen LogP contribution < -0.4 is 13.8 Å². The first-order valence-corrected chi connectivity index (χ1v) is 11.5. The van der Waals surface area contributed by atoms with Crippen LogP contribution in [0.15, 0.2) is 71.6 Å². The molecule has 0 saturated carbocycles. The molecule has 0 spiro atoms. The Bertz CT molecular complexity index is 1280. The molecule has 0 fully saturated rings. The van der Waals surface area contributed by atoms with Gasteiger partial charge in [-0.1, -0.05) is 29.8 Å². The lowest BCUT2D eigenvalue weighted by atomic mass is 10.2. The van der Waals surface area contributed by atoms with E-state index in [1.807, 2.05) is 0 Å². The lowest BCUT2D eigenvalue weighted by molar-refractivity contribution is -0.137. The van der Waals surface area contributed by atoms with Crippen LogP contribution in [0.25, 0.3) is 0 Å². The number of nitrogens with zero attached hydrogens (tertiary/aromatic N) is 1. The number of sulfonamides is 1. The van der Waals surface area contributed by atoms with Crippen molar-refractivity contribution in [2.24, 2.45) is 0 Å². The molecule has 0 aliphatic carbocycles. The lowest BCUT2D eigenvalue weighted by Crippen LogP contribution is -2.45. The number of fused-ring (bicyclic) bond motifs is 1. The van der Waals surface area contributed by atoms with Gasteiger partial charge in [0.2, 0.25) is 0 Å². The smallest absolute Gasteiger partial charge is 0.416 e. The van der Waals surface area contributed by atoms with Gasteiger partial charge in [0.1, 0.15) is 23.4 Å². The maximum absolute atomic E-state index is 13.4. The van der Waals surface area contributed by atoms with Gasteiger partial charge < -0.3 is 14.6 Å². The third-order valence-corrected chi connectivity index (χ3v) is 6.97. The molecule has 3 aromatic carbocycles. The molecule has 0 unspecified atom stereocenters. The van der Waals surface area contributed by atoms with Gasteiger partial charge in [0.05, 0.1) is 34.3 Å². The van der Waals surface area contributed by atoms with Crippen LogP contribution in [-0.4, -0.2) is 32.8 Å². The van der Waals surface area contributed by atoms with E-state index < -0.39 is 39.4 Å². The Hall–Kier alpha value is -2.95. The molecule has 1 heterocycles. The van der Waals surface area contributed by atoms with E-state index >= 15 is 0 Å². The number of aliphatic hydroxyl groups is 1. The third-order valence-electron chi connectivity index (χ3n) is 4.88. The molecule has 1 aliphatic rings. The highest BCUT2D eigenvalue weighted by atomic mass is 35.5. The lowest BCUT2D eigenvalue weighted by Gasteiger charge is -2.35. The standard InChI is InChI=1S/C22H17ClF3NO5S/c23-18-6-1-2-7-20(18)31-15-8-9-21-19(11-15)27(12-16(13-28)32-21)33(29,30)17-5-3-4-14(10-17)22(24,25)26/h1-11,16,28H,12-13H2/t16-/m1/s1. The monoisotopic (exact) mass is 499 g/mol. The molecule has 1 aliphatic heterocycles. The van der Waals surface area contributed by atoms with Gasteiger partial charge in [-0.25, -0.2) is 8.42 Å². The summed E-state index contributed by atoms with van der Waals surface area (Å²) in [5.41, 5.74) is -1.03. The molecule has 0 saturated heterocycles. The van der Waals surface area contributed by atoms with Crippen LogP contribution in [0, 0.1) is 0 Å². The quantitative estimate of drug-likeness (QED) is 0.528. The van der Waals surface area contributed by atoms with Gasteiger partial charge in [-0.2, -0.15) is 13.2 Å². The molecule has 6 nitrogen and oxygen atoms in total. The summed E-state index contributed by atoms with van der Waals surface area (Å²) in [5, 5.41) is 9.90. The Morgan fingerprint density at radius 1 is 1.09 bits per heavy atom. The molecule has 0 amide bonds. The number of benzene rings is 3. The molecule has 0 aromatic heterocycles. The maximum Gasteiger partial charge on any atom is 0.416 e. The fourth-order valence-corrected chi connectivity index (χ4v) is 5.01. The summed E-state index contributed by atoms with van der Waals surface area (Å²) < 4.78 is 78.5. The molecule has 174 valence electrons. The van der Waals surface area contributed by atoms with Crippen LogP contribution in [0.2, 0.25) is 5.02 Å². The van der Waals surface area contributed by atoms with E-state index in [2.05, 4.69) is 0 Å². The van der Waals surface area contributed by atoms with Gasteiger partial charge in [0, 0.05) is 6.07 Å². The maximum atomic E-state index is 13.4. The summed E-state index contributed by atoms with van der Waals surface area (Å²) in [7, 11) is -4.44. The zero-order valence-corrected chi connectivity index (χ0v) is 18.4. The van der Waals surface area contributed by atoms with Crippen LogP contribution in [0.5, 0.6) is 17.2 Å². The second kappa shape index (κ2) is 8.77. The Labute approximate surface area is 192 Å². The van der Waals surface area contributed by atoms with Crippen molar-refractivity contribution in [3.63, 3.8) is 0 Å². The van der Waals surface area contributed by atoms with Gasteiger partial charge >= 0.3 is 6.18 Å². The van der Waals surface area contributed by atoms with Gasteiger partial charge in [0.15, 0.2) is 0 Å². The summed E-state index contributed by atoms with van der Waals surface area (Å²) in [6, 6.07) is 14.5. The molecule has 3 aromatic rings. The van der Waals surface area contributed by atoms with Crippen LogP contribution in [0.4, 0.5) is 18.9 Å². The van der Waals surface area contributed by atoms with Crippen molar-refractivity contribution in [1.82, 2.24) is 0 Å². The average molecular weight is 500 g/mol. The van der Waals surface area contributed by atoms with Crippen molar-refractivity contribution >= 4 is 27.3 Å². The molecule has 0 bridgehead atoms. The second-order valence-corrected chi connectivity index (χ2v) is 9.42. The Kier molecular flexibility index (Phi) is 6.17. The Morgan fingerprint density at radius 3 is 2.55 bits per heavy atom. The van der Waals surface area contributed by atoms with Crippen LogP contribution in [0.1, 0.15) is 5.56 Å². The number of alkyl halides is 3. The van der Waals surface area contributed by atoms with Crippen LogP contribution >= 0.6 is 11.6 Å². The summed E-state index contributed by atoms with van der Waals surface area (Å²) in [5.74, 6) is 0.691. The first kappa shape index (κ1) is 23.2. The number of para-hydroxylation sites is 1. The number of halogens is 4. The number of hydrogen-bond donors (Lipinski definition) is 1. The normalized spacial score (nSPS) is 16.2. The largest absolute Gasteiger partial charge is 0.484 e. The van der Waals surface area contributed by atoms with E-state index in [1.54, 1.807) is 24.3 Å². The van der Waals surface area contributed by atoms with Gasteiger partial charge in [0.25, 0.3) is 10.0 Å². The topological polar surface area (TPSA) is 76.1 Å². The molecule has 1 atom stereocenters. The number of anilines is 1.